The molecule has 0 radical (unpaired) electrons. The highest BCUT2D eigenvalue weighted by molar-refractivity contribution is 6.33. The summed E-state index contributed by atoms with van der Waals surface area (Å²) in [5.41, 5.74) is 0.00177. The fraction of sp³-hybridized carbons (Fsp3) is 0.588. The Morgan fingerprint density at radius 3 is 2.39 bits per heavy atom. The van der Waals surface area contributed by atoms with Crippen LogP contribution in [0.5, 0.6) is 0 Å². The number of rotatable bonds is 2. The molecule has 126 valence electrons. The van der Waals surface area contributed by atoms with Crippen molar-refractivity contribution in [2.75, 3.05) is 46.3 Å². The third kappa shape index (κ3) is 3.67. The number of carbonyl (C=O) groups excluding carboxylic acids is 1. The van der Waals surface area contributed by atoms with Crippen molar-refractivity contribution in [3.8, 4) is 0 Å². The summed E-state index contributed by atoms with van der Waals surface area (Å²) in [4.78, 5) is 19.1. The van der Waals surface area contributed by atoms with Crippen molar-refractivity contribution in [1.29, 1.82) is 0 Å². The van der Waals surface area contributed by atoms with Crippen LogP contribution in [0.2, 0.25) is 5.02 Å². The average Bonchev–Trinajstić information content (AvgIpc) is 2.55. The lowest BCUT2D eigenvalue weighted by molar-refractivity contribution is 0.0472. The first-order chi connectivity index (χ1) is 11.1. The maximum absolute atomic E-state index is 13.9. The number of nitrogens with zero attached hydrogens (tertiary/aromatic N) is 3. The summed E-state index contributed by atoms with van der Waals surface area (Å²) in [6.07, 6.45) is 2.37. The SMILES string of the molecule is CN1CCC(N2CCN(C(=O)c3c(F)cccc3Cl)CC2)CC1. The number of benzene rings is 1. The predicted octanol–water partition coefficient (Wildman–Crippen LogP) is 2.33. The molecule has 4 nitrogen and oxygen atoms in total. The average molecular weight is 340 g/mol. The Balaban J connectivity index is 1.59. The van der Waals surface area contributed by atoms with E-state index >= 15 is 0 Å². The lowest BCUT2D eigenvalue weighted by Crippen LogP contribution is -2.54. The highest BCUT2D eigenvalue weighted by atomic mass is 35.5. The smallest absolute Gasteiger partial charge is 0.258 e. The molecule has 0 spiro atoms. The molecule has 0 saturated carbocycles. The summed E-state index contributed by atoms with van der Waals surface area (Å²) in [5.74, 6) is -0.837. The Morgan fingerprint density at radius 1 is 1.13 bits per heavy atom. The largest absolute Gasteiger partial charge is 0.336 e. The second kappa shape index (κ2) is 7.16. The van der Waals surface area contributed by atoms with Crippen LogP contribution in [0.25, 0.3) is 0 Å². The van der Waals surface area contributed by atoms with Gasteiger partial charge in [-0.2, -0.15) is 0 Å². The van der Waals surface area contributed by atoms with Gasteiger partial charge in [0.2, 0.25) is 0 Å². The van der Waals surface area contributed by atoms with Crippen molar-refractivity contribution >= 4 is 17.5 Å². The third-order valence-corrected chi connectivity index (χ3v) is 5.30. The number of piperidine rings is 1. The summed E-state index contributed by atoms with van der Waals surface area (Å²) in [6.45, 7) is 5.24. The van der Waals surface area contributed by atoms with Crippen molar-refractivity contribution < 1.29 is 9.18 Å². The number of hydrogen-bond donors (Lipinski definition) is 0. The molecule has 6 heteroatoms. The van der Waals surface area contributed by atoms with E-state index in [1.54, 1.807) is 11.0 Å². The van der Waals surface area contributed by atoms with Gasteiger partial charge in [0.05, 0.1) is 10.6 Å². The van der Waals surface area contributed by atoms with Gasteiger partial charge in [0, 0.05) is 32.2 Å². The molecule has 2 aliphatic rings. The molecule has 0 bridgehead atoms. The molecule has 2 aliphatic heterocycles. The summed E-state index contributed by atoms with van der Waals surface area (Å²) in [6, 6.07) is 4.98. The van der Waals surface area contributed by atoms with Crippen LogP contribution in [0, 0.1) is 5.82 Å². The number of likely N-dealkylation sites (tertiary alicyclic amines) is 1. The molecule has 2 saturated heterocycles. The molecule has 0 N–H and O–H groups in total. The zero-order valence-electron chi connectivity index (χ0n) is 13.5. The van der Waals surface area contributed by atoms with Gasteiger partial charge in [-0.15, -0.1) is 0 Å². The minimum absolute atomic E-state index is 0.00177. The number of carbonyl (C=O) groups is 1. The molecule has 0 atom stereocenters. The van der Waals surface area contributed by atoms with Crippen molar-refractivity contribution in [3.05, 3.63) is 34.6 Å². The van der Waals surface area contributed by atoms with Gasteiger partial charge in [0.25, 0.3) is 5.91 Å². The molecular weight excluding hydrogens is 317 g/mol. The zero-order chi connectivity index (χ0) is 16.4. The van der Waals surface area contributed by atoms with Gasteiger partial charge >= 0.3 is 0 Å². The molecule has 2 fully saturated rings. The van der Waals surface area contributed by atoms with Gasteiger partial charge in [0.1, 0.15) is 5.82 Å². The van der Waals surface area contributed by atoms with Gasteiger partial charge in [-0.25, -0.2) is 4.39 Å². The van der Waals surface area contributed by atoms with Crippen LogP contribution in [0.4, 0.5) is 4.39 Å². The first-order valence-corrected chi connectivity index (χ1v) is 8.60. The Labute approximate surface area is 141 Å². The summed E-state index contributed by atoms with van der Waals surface area (Å²) < 4.78 is 13.9. The monoisotopic (exact) mass is 339 g/mol. The van der Waals surface area contributed by atoms with Crippen LogP contribution in [0.3, 0.4) is 0 Å². The van der Waals surface area contributed by atoms with E-state index in [2.05, 4.69) is 16.8 Å². The summed E-state index contributed by atoms with van der Waals surface area (Å²) >= 11 is 6.01. The lowest BCUT2D eigenvalue weighted by Gasteiger charge is -2.42. The maximum Gasteiger partial charge on any atom is 0.258 e. The molecule has 0 aliphatic carbocycles. The third-order valence-electron chi connectivity index (χ3n) is 4.98. The second-order valence-corrected chi connectivity index (χ2v) is 6.87. The Morgan fingerprint density at radius 2 is 1.78 bits per heavy atom. The van der Waals surface area contributed by atoms with Crippen LogP contribution in [0.1, 0.15) is 23.2 Å². The van der Waals surface area contributed by atoms with Gasteiger partial charge in [-0.05, 0) is 45.1 Å². The quantitative estimate of drug-likeness (QED) is 0.827. The van der Waals surface area contributed by atoms with E-state index in [1.165, 1.54) is 25.0 Å². The van der Waals surface area contributed by atoms with Crippen LogP contribution in [-0.4, -0.2) is 73.0 Å². The fourth-order valence-electron chi connectivity index (χ4n) is 3.51. The molecular formula is C17H23ClFN3O. The number of amides is 1. The van der Waals surface area contributed by atoms with E-state index in [1.807, 2.05) is 0 Å². The van der Waals surface area contributed by atoms with E-state index in [9.17, 15) is 9.18 Å². The molecule has 0 unspecified atom stereocenters. The van der Waals surface area contributed by atoms with Gasteiger partial charge in [-0.1, -0.05) is 17.7 Å². The summed E-state index contributed by atoms with van der Waals surface area (Å²) in [7, 11) is 2.16. The normalized spacial score (nSPS) is 21.6. The first-order valence-electron chi connectivity index (χ1n) is 8.22. The molecule has 23 heavy (non-hydrogen) atoms. The van der Waals surface area contributed by atoms with E-state index < -0.39 is 5.82 Å². The van der Waals surface area contributed by atoms with Crippen molar-refractivity contribution in [2.45, 2.75) is 18.9 Å². The summed E-state index contributed by atoms with van der Waals surface area (Å²) in [5, 5.41) is 0.188. The molecule has 1 aromatic carbocycles. The standard InChI is InChI=1S/C17H23ClFN3O/c1-20-7-5-13(6-8-20)21-9-11-22(12-10-21)17(23)16-14(18)3-2-4-15(16)19/h2-4,13H,5-12H2,1H3. The van der Waals surface area contributed by atoms with E-state index in [-0.39, 0.29) is 16.5 Å². The second-order valence-electron chi connectivity index (χ2n) is 6.46. The Kier molecular flexibility index (Phi) is 5.19. The Bertz CT molecular complexity index is 547. The molecule has 1 aromatic rings. The van der Waals surface area contributed by atoms with Crippen LogP contribution < -0.4 is 0 Å². The highest BCUT2D eigenvalue weighted by Crippen LogP contribution is 2.23. The maximum atomic E-state index is 13.9. The van der Waals surface area contributed by atoms with Crippen LogP contribution in [-0.2, 0) is 0 Å². The molecule has 3 rings (SSSR count). The minimum Gasteiger partial charge on any atom is -0.336 e. The van der Waals surface area contributed by atoms with E-state index in [0.717, 1.165) is 26.2 Å². The van der Waals surface area contributed by atoms with Gasteiger partial charge < -0.3 is 9.80 Å². The highest BCUT2D eigenvalue weighted by Gasteiger charge is 2.29. The number of hydrogen-bond acceptors (Lipinski definition) is 3. The van der Waals surface area contributed by atoms with Gasteiger partial charge in [0.15, 0.2) is 0 Å². The predicted molar refractivity (Wildman–Crippen MR) is 89.4 cm³/mol. The number of piperazine rings is 1. The van der Waals surface area contributed by atoms with Crippen molar-refractivity contribution in [3.63, 3.8) is 0 Å². The number of halogens is 2. The van der Waals surface area contributed by atoms with Crippen LogP contribution >= 0.6 is 11.6 Å². The van der Waals surface area contributed by atoms with Crippen LogP contribution in [0.15, 0.2) is 18.2 Å². The zero-order valence-corrected chi connectivity index (χ0v) is 14.2. The van der Waals surface area contributed by atoms with Gasteiger partial charge in [-0.3, -0.25) is 9.69 Å². The van der Waals surface area contributed by atoms with E-state index in [0.29, 0.717) is 19.1 Å². The molecule has 0 aromatic heterocycles. The van der Waals surface area contributed by atoms with Crippen molar-refractivity contribution in [2.24, 2.45) is 0 Å². The first kappa shape index (κ1) is 16.7. The van der Waals surface area contributed by atoms with Crippen molar-refractivity contribution in [1.82, 2.24) is 14.7 Å². The Hall–Kier alpha value is -1.17. The van der Waals surface area contributed by atoms with E-state index in [4.69, 9.17) is 11.6 Å². The lowest BCUT2D eigenvalue weighted by atomic mass is 10.0. The topological polar surface area (TPSA) is 26.8 Å². The molecule has 2 heterocycles. The minimum atomic E-state index is -0.541. The molecule has 1 amide bonds. The fourth-order valence-corrected chi connectivity index (χ4v) is 3.75.